The van der Waals surface area contributed by atoms with Crippen molar-refractivity contribution in [1.29, 1.82) is 10.7 Å². The number of hydrogen-bond donors (Lipinski definition) is 4. The summed E-state index contributed by atoms with van der Waals surface area (Å²) >= 11 is 0. The molecule has 2 aromatic heterocycles. The second-order valence-electron chi connectivity index (χ2n) is 8.12. The molecule has 0 radical (unpaired) electrons. The highest BCUT2D eigenvalue weighted by molar-refractivity contribution is 6.66. The average Bonchev–Trinajstić information content (AvgIpc) is 3.21. The number of nitrogens with two attached hydrogens (primary N) is 2. The molecule has 162 valence electrons. The fourth-order valence-corrected chi connectivity index (χ4v) is 4.24. The zero-order valence-electron chi connectivity index (χ0n) is 17.8. The monoisotopic (exact) mass is 436 g/mol. The molecule has 0 aliphatic carbocycles. The van der Waals surface area contributed by atoms with Gasteiger partial charge in [0.15, 0.2) is 5.58 Å². The van der Waals surface area contributed by atoms with E-state index in [2.05, 4.69) is 44.4 Å². The molecule has 6 N–H and O–H groups in total. The van der Waals surface area contributed by atoms with Crippen LogP contribution in [0.4, 0.5) is 17.7 Å². The SMILES string of the molecule is N#CB1CCc2cc(CNc3ncnc(N)c3C(=N)c3ccc4oc(N)nc4c3)ccc2C1. The van der Waals surface area contributed by atoms with Crippen LogP contribution in [0.1, 0.15) is 27.8 Å². The number of benzene rings is 2. The number of nitrogens with one attached hydrogen (secondary N) is 2. The molecule has 10 heteroatoms. The maximum atomic E-state index is 9.20. The topological polar surface area (TPSA) is 164 Å². The smallest absolute Gasteiger partial charge is 0.292 e. The fourth-order valence-electron chi connectivity index (χ4n) is 4.24. The number of nitrogens with zero attached hydrogens (tertiary/aromatic N) is 4. The normalized spacial score (nSPS) is 12.9. The number of aromatic nitrogens is 3. The molecule has 0 atom stereocenters. The Labute approximate surface area is 190 Å². The van der Waals surface area contributed by atoms with Crippen LogP contribution in [0.25, 0.3) is 11.1 Å². The lowest BCUT2D eigenvalue weighted by Crippen LogP contribution is -2.22. The first-order valence-electron chi connectivity index (χ1n) is 10.6. The predicted octanol–water partition coefficient (Wildman–Crippen LogP) is 3.01. The van der Waals surface area contributed by atoms with E-state index in [1.54, 1.807) is 18.2 Å². The van der Waals surface area contributed by atoms with Crippen LogP contribution in [0, 0.1) is 16.6 Å². The molecule has 9 nitrogen and oxygen atoms in total. The highest BCUT2D eigenvalue weighted by Gasteiger charge is 2.22. The Morgan fingerprint density at radius 3 is 2.91 bits per heavy atom. The van der Waals surface area contributed by atoms with Crippen molar-refractivity contribution in [2.75, 3.05) is 16.8 Å². The number of rotatable bonds is 5. The van der Waals surface area contributed by atoms with E-state index < -0.39 is 0 Å². The first-order valence-corrected chi connectivity index (χ1v) is 10.6. The third kappa shape index (κ3) is 3.96. The quantitative estimate of drug-likeness (QED) is 0.274. The summed E-state index contributed by atoms with van der Waals surface area (Å²) in [7, 11) is 0. The number of fused-ring (bicyclic) bond motifs is 2. The minimum Gasteiger partial charge on any atom is -0.424 e. The lowest BCUT2D eigenvalue weighted by atomic mass is 9.42. The highest BCUT2D eigenvalue weighted by atomic mass is 16.4. The second kappa shape index (κ2) is 8.28. The minimum atomic E-state index is 0.0757. The largest absolute Gasteiger partial charge is 0.424 e. The highest BCUT2D eigenvalue weighted by Crippen LogP contribution is 2.26. The van der Waals surface area contributed by atoms with Gasteiger partial charge >= 0.3 is 0 Å². The van der Waals surface area contributed by atoms with Crippen LogP contribution >= 0.6 is 0 Å². The molecule has 1 aliphatic heterocycles. The Kier molecular flexibility index (Phi) is 5.15. The number of aryl methyl sites for hydroxylation is 1. The van der Waals surface area contributed by atoms with Gasteiger partial charge in [-0.1, -0.05) is 30.1 Å². The van der Waals surface area contributed by atoms with Crippen molar-refractivity contribution in [2.24, 2.45) is 0 Å². The van der Waals surface area contributed by atoms with Crippen LogP contribution in [0.15, 0.2) is 47.1 Å². The number of hydrogen-bond acceptors (Lipinski definition) is 9. The standard InChI is InChI=1S/C23H21BN8O/c25-11-24-6-5-14-7-13(1-2-16(14)9-24)10-29-22-19(21(27)30-12-31-22)20(26)15-3-4-18-17(8-15)32-23(28)33-18/h1-4,7-8,12,26H,5-6,9-10H2,(H2,28,32)(H3,27,29,30,31). The molecule has 0 saturated carbocycles. The number of oxazole rings is 1. The van der Waals surface area contributed by atoms with Crippen LogP contribution in [0.5, 0.6) is 0 Å². The third-order valence-corrected chi connectivity index (χ3v) is 5.96. The molecule has 0 amide bonds. The van der Waals surface area contributed by atoms with E-state index in [0.717, 1.165) is 24.6 Å². The zero-order valence-corrected chi connectivity index (χ0v) is 17.8. The Bertz CT molecular complexity index is 1420. The van der Waals surface area contributed by atoms with Crippen LogP contribution in [-0.2, 0) is 19.3 Å². The molecule has 0 saturated heterocycles. The molecule has 4 aromatic rings. The molecule has 1 aliphatic rings. The van der Waals surface area contributed by atoms with E-state index in [4.69, 9.17) is 21.3 Å². The predicted molar refractivity (Wildman–Crippen MR) is 128 cm³/mol. The van der Waals surface area contributed by atoms with Crippen molar-refractivity contribution in [2.45, 2.75) is 25.6 Å². The lowest BCUT2D eigenvalue weighted by molar-refractivity contribution is 0.626. The van der Waals surface area contributed by atoms with Gasteiger partial charge in [-0.2, -0.15) is 4.98 Å². The van der Waals surface area contributed by atoms with E-state index in [1.807, 2.05) is 0 Å². The first kappa shape index (κ1) is 20.5. The maximum Gasteiger partial charge on any atom is 0.292 e. The van der Waals surface area contributed by atoms with Crippen molar-refractivity contribution in [3.8, 4) is 5.97 Å². The maximum absolute atomic E-state index is 9.20. The van der Waals surface area contributed by atoms with Gasteiger partial charge in [-0.05, 0) is 42.1 Å². The molecule has 5 rings (SSSR count). The molecule has 2 aromatic carbocycles. The Hall–Kier alpha value is -4.39. The Morgan fingerprint density at radius 1 is 1.18 bits per heavy atom. The fraction of sp³-hybridized carbons (Fsp3) is 0.174. The summed E-state index contributed by atoms with van der Waals surface area (Å²) in [5.41, 5.74) is 17.7. The summed E-state index contributed by atoms with van der Waals surface area (Å²) in [4.78, 5) is 12.6. The van der Waals surface area contributed by atoms with Crippen molar-refractivity contribution < 1.29 is 4.42 Å². The van der Waals surface area contributed by atoms with Gasteiger partial charge < -0.3 is 21.2 Å². The molecule has 3 heterocycles. The molecular weight excluding hydrogens is 415 g/mol. The first-order chi connectivity index (χ1) is 16.0. The van der Waals surface area contributed by atoms with Gasteiger partial charge in [0.25, 0.3) is 12.7 Å². The van der Waals surface area contributed by atoms with Crippen molar-refractivity contribution in [3.63, 3.8) is 0 Å². The molecule has 0 unspecified atom stereocenters. The lowest BCUT2D eigenvalue weighted by Gasteiger charge is -2.19. The van der Waals surface area contributed by atoms with Crippen LogP contribution in [-0.4, -0.2) is 27.4 Å². The number of nitrogen functional groups attached to an aromatic ring is 2. The summed E-state index contributed by atoms with van der Waals surface area (Å²) in [6.45, 7) is 0.622. The van der Waals surface area contributed by atoms with Crippen LogP contribution < -0.4 is 16.8 Å². The zero-order chi connectivity index (χ0) is 22.9. The van der Waals surface area contributed by atoms with E-state index in [9.17, 15) is 5.26 Å². The van der Waals surface area contributed by atoms with E-state index in [1.165, 1.54) is 17.5 Å². The van der Waals surface area contributed by atoms with Gasteiger partial charge in [0, 0.05) is 18.1 Å². The minimum absolute atomic E-state index is 0.0757. The Morgan fingerprint density at radius 2 is 2.06 bits per heavy atom. The van der Waals surface area contributed by atoms with Gasteiger partial charge in [-0.25, -0.2) is 15.2 Å². The van der Waals surface area contributed by atoms with Crippen LogP contribution in [0.3, 0.4) is 0 Å². The molecule has 33 heavy (non-hydrogen) atoms. The molecule has 0 fully saturated rings. The summed E-state index contributed by atoms with van der Waals surface area (Å²) in [5, 5.41) is 21.3. The van der Waals surface area contributed by atoms with E-state index in [-0.39, 0.29) is 24.3 Å². The molecule has 0 bridgehead atoms. The third-order valence-electron chi connectivity index (χ3n) is 5.96. The van der Waals surface area contributed by atoms with Crippen LogP contribution in [0.2, 0.25) is 6.32 Å². The van der Waals surface area contributed by atoms with E-state index >= 15 is 0 Å². The summed E-state index contributed by atoms with van der Waals surface area (Å²) in [5.74, 6) is 3.07. The summed E-state index contributed by atoms with van der Waals surface area (Å²) in [6.07, 6.45) is 3.99. The van der Waals surface area contributed by atoms with Gasteiger partial charge in [0.1, 0.15) is 23.5 Å². The average molecular weight is 436 g/mol. The van der Waals surface area contributed by atoms with Gasteiger partial charge in [-0.3, -0.25) is 5.41 Å². The van der Waals surface area contributed by atoms with Crippen molar-refractivity contribution in [3.05, 3.63) is 70.5 Å². The van der Waals surface area contributed by atoms with Gasteiger partial charge in [0.2, 0.25) is 0 Å². The van der Waals surface area contributed by atoms with E-state index in [0.29, 0.717) is 34.6 Å². The van der Waals surface area contributed by atoms with Gasteiger partial charge in [0.05, 0.1) is 11.3 Å². The summed E-state index contributed by atoms with van der Waals surface area (Å²) < 4.78 is 5.31. The van der Waals surface area contributed by atoms with Crippen molar-refractivity contribution >= 4 is 41.2 Å². The molecular formula is C23H21BN8O. The van der Waals surface area contributed by atoms with Crippen molar-refractivity contribution in [1.82, 2.24) is 15.0 Å². The molecule has 0 spiro atoms. The second-order valence-corrected chi connectivity index (χ2v) is 8.12. The Balaban J connectivity index is 1.39. The number of nitriles is 1. The summed E-state index contributed by atoms with van der Waals surface area (Å²) in [6, 6.07) is 11.6. The number of anilines is 3. The van der Waals surface area contributed by atoms with Gasteiger partial charge in [-0.15, -0.1) is 0 Å².